The monoisotopic (exact) mass is 391 g/mol. The molecule has 2 aromatic carbocycles. The topological polar surface area (TPSA) is 78.5 Å². The van der Waals surface area contributed by atoms with Gasteiger partial charge in [0.05, 0.1) is 0 Å². The molecule has 1 heterocycles. The molecule has 1 aliphatic heterocycles. The highest BCUT2D eigenvalue weighted by Gasteiger charge is 2.21. The molecule has 0 atom stereocenters. The molecule has 29 heavy (non-hydrogen) atoms. The third kappa shape index (κ3) is 5.31. The van der Waals surface area contributed by atoms with Crippen molar-refractivity contribution in [3.63, 3.8) is 0 Å². The predicted octanol–water partition coefficient (Wildman–Crippen LogP) is 4.12. The Balaban J connectivity index is 1.63. The summed E-state index contributed by atoms with van der Waals surface area (Å²) >= 11 is 0. The summed E-state index contributed by atoms with van der Waals surface area (Å²) in [5, 5.41) is 5.63. The minimum Gasteiger partial charge on any atom is -0.326 e. The largest absolute Gasteiger partial charge is 0.326 e. The fraction of sp³-hybridized carbons (Fsp3) is 0.261. The van der Waals surface area contributed by atoms with Crippen molar-refractivity contribution in [3.05, 3.63) is 59.7 Å². The molecule has 0 saturated carbocycles. The van der Waals surface area contributed by atoms with E-state index in [9.17, 15) is 14.4 Å². The second-order valence-corrected chi connectivity index (χ2v) is 6.99. The highest BCUT2D eigenvalue weighted by atomic mass is 16.2. The lowest BCUT2D eigenvalue weighted by atomic mass is 10.1. The molecule has 0 aromatic heterocycles. The van der Waals surface area contributed by atoms with E-state index in [1.54, 1.807) is 30.0 Å². The summed E-state index contributed by atoms with van der Waals surface area (Å²) in [5.41, 5.74) is 3.96. The fourth-order valence-corrected chi connectivity index (χ4v) is 3.12. The minimum atomic E-state index is -0.258. The zero-order valence-corrected chi connectivity index (χ0v) is 16.7. The number of carbonyl (C=O) groups excluding carboxylic acids is 3. The van der Waals surface area contributed by atoms with Crippen LogP contribution in [0.3, 0.4) is 0 Å². The maximum absolute atomic E-state index is 12.3. The number of anilines is 3. The molecule has 0 aliphatic carbocycles. The van der Waals surface area contributed by atoms with Crippen molar-refractivity contribution in [2.45, 2.75) is 33.1 Å². The maximum Gasteiger partial charge on any atom is 0.248 e. The molecule has 6 heteroatoms. The Hall–Kier alpha value is -3.41. The molecule has 0 spiro atoms. The summed E-state index contributed by atoms with van der Waals surface area (Å²) in [6.45, 7) is 4.43. The van der Waals surface area contributed by atoms with Gasteiger partial charge >= 0.3 is 0 Å². The van der Waals surface area contributed by atoms with Crippen LogP contribution in [0.4, 0.5) is 17.1 Å². The summed E-state index contributed by atoms with van der Waals surface area (Å²) in [5.74, 6) is -0.184. The number of rotatable bonds is 6. The summed E-state index contributed by atoms with van der Waals surface area (Å²) in [4.78, 5) is 37.5. The molecule has 0 bridgehead atoms. The first kappa shape index (κ1) is 20.3. The van der Waals surface area contributed by atoms with E-state index in [0.29, 0.717) is 24.2 Å². The van der Waals surface area contributed by atoms with E-state index in [1.807, 2.05) is 37.3 Å². The molecule has 3 amide bonds. The van der Waals surface area contributed by atoms with Gasteiger partial charge in [0.15, 0.2) is 0 Å². The van der Waals surface area contributed by atoms with E-state index >= 15 is 0 Å². The summed E-state index contributed by atoms with van der Waals surface area (Å²) in [7, 11) is 0. The Morgan fingerprint density at radius 3 is 2.52 bits per heavy atom. The number of hydrogen-bond donors (Lipinski definition) is 2. The molecule has 1 aliphatic rings. The van der Waals surface area contributed by atoms with E-state index < -0.39 is 0 Å². The number of nitrogens with one attached hydrogen (secondary N) is 2. The van der Waals surface area contributed by atoms with Crippen molar-refractivity contribution in [1.82, 2.24) is 0 Å². The van der Waals surface area contributed by atoms with Crippen molar-refractivity contribution in [3.8, 4) is 0 Å². The van der Waals surface area contributed by atoms with Gasteiger partial charge in [0.25, 0.3) is 0 Å². The van der Waals surface area contributed by atoms with Gasteiger partial charge in [0, 0.05) is 42.5 Å². The van der Waals surface area contributed by atoms with Gasteiger partial charge in [-0.3, -0.25) is 14.4 Å². The molecule has 3 rings (SSSR count). The van der Waals surface area contributed by atoms with Crippen LogP contribution >= 0.6 is 0 Å². The zero-order valence-electron chi connectivity index (χ0n) is 16.7. The number of aryl methyl sites for hydroxylation is 1. The third-order valence-corrected chi connectivity index (χ3v) is 4.81. The first-order valence-corrected chi connectivity index (χ1v) is 9.76. The lowest BCUT2D eigenvalue weighted by Gasteiger charge is -2.15. The Morgan fingerprint density at radius 1 is 1.10 bits per heavy atom. The van der Waals surface area contributed by atoms with E-state index in [1.165, 1.54) is 6.08 Å². The van der Waals surface area contributed by atoms with Crippen molar-refractivity contribution in [2.75, 3.05) is 22.1 Å². The van der Waals surface area contributed by atoms with Gasteiger partial charge < -0.3 is 15.5 Å². The van der Waals surface area contributed by atoms with Crippen LogP contribution in [0.25, 0.3) is 6.08 Å². The predicted molar refractivity (Wildman–Crippen MR) is 116 cm³/mol. The summed E-state index contributed by atoms with van der Waals surface area (Å²) in [6.07, 6.45) is 5.08. The first-order chi connectivity index (χ1) is 14.0. The smallest absolute Gasteiger partial charge is 0.248 e. The molecule has 0 unspecified atom stereocenters. The van der Waals surface area contributed by atoms with Gasteiger partial charge in [0.1, 0.15) is 0 Å². The molecule has 150 valence electrons. The summed E-state index contributed by atoms with van der Waals surface area (Å²) < 4.78 is 0. The van der Waals surface area contributed by atoms with E-state index in [0.717, 1.165) is 29.8 Å². The number of carbonyl (C=O) groups is 3. The van der Waals surface area contributed by atoms with Gasteiger partial charge in [-0.2, -0.15) is 0 Å². The number of amides is 3. The van der Waals surface area contributed by atoms with E-state index in [4.69, 9.17) is 0 Å². The second kappa shape index (κ2) is 9.19. The van der Waals surface area contributed by atoms with Crippen LogP contribution in [0, 0.1) is 6.92 Å². The molecular weight excluding hydrogens is 366 g/mol. The molecule has 2 N–H and O–H groups in total. The zero-order chi connectivity index (χ0) is 20.8. The third-order valence-electron chi connectivity index (χ3n) is 4.81. The van der Waals surface area contributed by atoms with E-state index in [-0.39, 0.29) is 17.7 Å². The maximum atomic E-state index is 12.3. The molecular formula is C23H25N3O3. The van der Waals surface area contributed by atoms with Crippen LogP contribution in [0.15, 0.2) is 48.5 Å². The molecule has 0 radical (unpaired) electrons. The van der Waals surface area contributed by atoms with Crippen molar-refractivity contribution < 1.29 is 14.4 Å². The molecule has 2 aromatic rings. The Bertz CT molecular complexity index is 948. The molecule has 1 saturated heterocycles. The van der Waals surface area contributed by atoms with Gasteiger partial charge in [-0.25, -0.2) is 0 Å². The van der Waals surface area contributed by atoms with Crippen LogP contribution in [0.5, 0.6) is 0 Å². The highest BCUT2D eigenvalue weighted by molar-refractivity contribution is 6.03. The van der Waals surface area contributed by atoms with Crippen LogP contribution in [-0.2, 0) is 14.4 Å². The van der Waals surface area contributed by atoms with Crippen molar-refractivity contribution in [2.24, 2.45) is 0 Å². The lowest BCUT2D eigenvalue weighted by molar-refractivity contribution is -0.117. The quantitative estimate of drug-likeness (QED) is 0.727. The lowest BCUT2D eigenvalue weighted by Crippen LogP contribution is -2.23. The van der Waals surface area contributed by atoms with Crippen LogP contribution in [0.1, 0.15) is 37.3 Å². The Kier molecular flexibility index (Phi) is 6.44. The summed E-state index contributed by atoms with van der Waals surface area (Å²) in [6, 6.07) is 13.0. The van der Waals surface area contributed by atoms with Crippen molar-refractivity contribution in [1.29, 1.82) is 0 Å². The van der Waals surface area contributed by atoms with Gasteiger partial charge in [-0.1, -0.05) is 25.1 Å². The van der Waals surface area contributed by atoms with Crippen molar-refractivity contribution >= 4 is 40.9 Å². The Labute approximate surface area is 170 Å². The normalized spacial score (nSPS) is 13.7. The van der Waals surface area contributed by atoms with Crippen LogP contribution in [-0.4, -0.2) is 24.3 Å². The van der Waals surface area contributed by atoms with Gasteiger partial charge in [-0.05, 0) is 54.8 Å². The standard InChI is InChI=1S/C23H25N3O3/c1-3-21(27)24-18-10-6-16(2)20(15-18)25-22(28)13-9-17-7-11-19(12-8-17)26-14-4-5-23(26)29/h6-13,15H,3-5,14H2,1-2H3,(H,24,27)(H,25,28)/b13-9+. The van der Waals surface area contributed by atoms with E-state index in [2.05, 4.69) is 10.6 Å². The number of hydrogen-bond acceptors (Lipinski definition) is 3. The molecule has 6 nitrogen and oxygen atoms in total. The average molecular weight is 391 g/mol. The minimum absolute atomic E-state index is 0.0786. The second-order valence-electron chi connectivity index (χ2n) is 6.99. The average Bonchev–Trinajstić information content (AvgIpc) is 3.15. The number of benzene rings is 2. The fourth-order valence-electron chi connectivity index (χ4n) is 3.12. The van der Waals surface area contributed by atoms with Gasteiger partial charge in [-0.15, -0.1) is 0 Å². The Morgan fingerprint density at radius 2 is 1.86 bits per heavy atom. The SMILES string of the molecule is CCC(=O)Nc1ccc(C)c(NC(=O)/C=C/c2ccc(N3CCCC3=O)cc2)c1. The van der Waals surface area contributed by atoms with Crippen LogP contribution in [0.2, 0.25) is 0 Å². The number of nitrogens with zero attached hydrogens (tertiary/aromatic N) is 1. The molecule has 1 fully saturated rings. The van der Waals surface area contributed by atoms with Gasteiger partial charge in [0.2, 0.25) is 17.7 Å². The first-order valence-electron chi connectivity index (χ1n) is 9.76. The van der Waals surface area contributed by atoms with Crippen LogP contribution < -0.4 is 15.5 Å². The highest BCUT2D eigenvalue weighted by Crippen LogP contribution is 2.23.